The van der Waals surface area contributed by atoms with Crippen molar-refractivity contribution in [2.24, 2.45) is 12.8 Å². The van der Waals surface area contributed by atoms with E-state index in [2.05, 4.69) is 46.2 Å². The Kier molecular flexibility index (Phi) is 2.98. The summed E-state index contributed by atoms with van der Waals surface area (Å²) in [6, 6.07) is 8.59. The Bertz CT molecular complexity index is 572. The summed E-state index contributed by atoms with van der Waals surface area (Å²) in [6.45, 7) is 3.87. The molecule has 1 aliphatic heterocycles. The zero-order valence-corrected chi connectivity index (χ0v) is 11.4. The SMILES string of the molecule is Cc1ccc(-c2nc(N3CCC(N)C3)nn2C)cc1. The maximum atomic E-state index is 5.93. The third kappa shape index (κ3) is 2.33. The summed E-state index contributed by atoms with van der Waals surface area (Å²) in [7, 11) is 1.93. The van der Waals surface area contributed by atoms with Gasteiger partial charge in [0.1, 0.15) is 0 Å². The highest BCUT2D eigenvalue weighted by Crippen LogP contribution is 2.22. The fraction of sp³-hybridized carbons (Fsp3) is 0.429. The van der Waals surface area contributed by atoms with Crippen LogP contribution in [0.15, 0.2) is 24.3 Å². The highest BCUT2D eigenvalue weighted by atomic mass is 15.4. The molecule has 100 valence electrons. The summed E-state index contributed by atoms with van der Waals surface area (Å²) >= 11 is 0. The summed E-state index contributed by atoms with van der Waals surface area (Å²) in [5.41, 5.74) is 8.27. The van der Waals surface area contributed by atoms with Crippen LogP contribution in [0.3, 0.4) is 0 Å². The quantitative estimate of drug-likeness (QED) is 0.881. The molecule has 2 N–H and O–H groups in total. The van der Waals surface area contributed by atoms with Gasteiger partial charge in [0.25, 0.3) is 0 Å². The van der Waals surface area contributed by atoms with E-state index in [4.69, 9.17) is 5.73 Å². The Balaban J connectivity index is 1.91. The third-order valence-corrected chi connectivity index (χ3v) is 3.57. The Morgan fingerprint density at radius 3 is 2.63 bits per heavy atom. The molecule has 0 amide bonds. The van der Waals surface area contributed by atoms with Crippen molar-refractivity contribution in [3.05, 3.63) is 29.8 Å². The lowest BCUT2D eigenvalue weighted by molar-refractivity contribution is 0.743. The van der Waals surface area contributed by atoms with Gasteiger partial charge in [-0.2, -0.15) is 4.98 Å². The summed E-state index contributed by atoms with van der Waals surface area (Å²) in [5, 5.41) is 4.50. The van der Waals surface area contributed by atoms with Crippen molar-refractivity contribution in [1.29, 1.82) is 0 Å². The highest BCUT2D eigenvalue weighted by molar-refractivity contribution is 5.57. The molecule has 1 atom stereocenters. The van der Waals surface area contributed by atoms with Crippen molar-refractivity contribution in [1.82, 2.24) is 14.8 Å². The highest BCUT2D eigenvalue weighted by Gasteiger charge is 2.23. The molecule has 3 rings (SSSR count). The summed E-state index contributed by atoms with van der Waals surface area (Å²) in [4.78, 5) is 6.80. The van der Waals surface area contributed by atoms with Gasteiger partial charge in [-0.05, 0) is 13.3 Å². The van der Waals surface area contributed by atoms with E-state index in [9.17, 15) is 0 Å². The van der Waals surface area contributed by atoms with E-state index in [1.54, 1.807) is 0 Å². The number of nitrogens with zero attached hydrogens (tertiary/aromatic N) is 4. The molecule has 1 unspecified atom stereocenters. The number of benzene rings is 1. The van der Waals surface area contributed by atoms with Gasteiger partial charge in [-0.15, -0.1) is 5.10 Å². The molecule has 0 radical (unpaired) electrons. The van der Waals surface area contributed by atoms with Gasteiger partial charge in [-0.1, -0.05) is 29.8 Å². The Hall–Kier alpha value is -1.88. The van der Waals surface area contributed by atoms with Crippen molar-refractivity contribution in [2.45, 2.75) is 19.4 Å². The molecule has 1 aromatic heterocycles. The van der Waals surface area contributed by atoms with Crippen LogP contribution in [0.1, 0.15) is 12.0 Å². The fourth-order valence-corrected chi connectivity index (χ4v) is 2.43. The number of aryl methyl sites for hydroxylation is 2. The molecule has 5 heteroatoms. The average Bonchev–Trinajstić information content (AvgIpc) is 2.97. The maximum absolute atomic E-state index is 5.93. The molecule has 1 fully saturated rings. The Morgan fingerprint density at radius 1 is 1.26 bits per heavy atom. The first-order valence-corrected chi connectivity index (χ1v) is 6.62. The second-order valence-electron chi connectivity index (χ2n) is 5.22. The maximum Gasteiger partial charge on any atom is 0.245 e. The minimum Gasteiger partial charge on any atom is -0.338 e. The lowest BCUT2D eigenvalue weighted by Crippen LogP contribution is -2.27. The van der Waals surface area contributed by atoms with E-state index in [1.807, 2.05) is 11.7 Å². The first-order valence-electron chi connectivity index (χ1n) is 6.62. The second-order valence-corrected chi connectivity index (χ2v) is 5.22. The average molecular weight is 257 g/mol. The van der Waals surface area contributed by atoms with E-state index in [0.29, 0.717) is 0 Å². The molecular weight excluding hydrogens is 238 g/mol. The predicted octanol–water partition coefficient (Wildman–Crippen LogP) is 1.33. The molecular formula is C14H19N5. The van der Waals surface area contributed by atoms with Crippen LogP contribution >= 0.6 is 0 Å². The van der Waals surface area contributed by atoms with Gasteiger partial charge in [0.05, 0.1) is 0 Å². The number of hydrogen-bond acceptors (Lipinski definition) is 4. The third-order valence-electron chi connectivity index (χ3n) is 3.57. The second kappa shape index (κ2) is 4.66. The molecule has 0 saturated carbocycles. The van der Waals surface area contributed by atoms with E-state index < -0.39 is 0 Å². The van der Waals surface area contributed by atoms with Gasteiger partial charge in [0.2, 0.25) is 5.95 Å². The molecule has 0 bridgehead atoms. The monoisotopic (exact) mass is 257 g/mol. The zero-order chi connectivity index (χ0) is 13.4. The lowest BCUT2D eigenvalue weighted by atomic mass is 10.1. The van der Waals surface area contributed by atoms with Crippen LogP contribution < -0.4 is 10.6 Å². The summed E-state index contributed by atoms with van der Waals surface area (Å²) in [5.74, 6) is 1.68. The molecule has 0 aliphatic carbocycles. The predicted molar refractivity (Wildman–Crippen MR) is 76.0 cm³/mol. The standard InChI is InChI=1S/C14H19N5/c1-10-3-5-11(6-4-10)13-16-14(17-18(13)2)19-8-7-12(15)9-19/h3-6,12H,7-9,15H2,1-2H3. The number of anilines is 1. The number of nitrogens with two attached hydrogens (primary N) is 1. The largest absolute Gasteiger partial charge is 0.338 e. The number of rotatable bonds is 2. The normalized spacial score (nSPS) is 19.1. The van der Waals surface area contributed by atoms with Gasteiger partial charge in [0, 0.05) is 31.7 Å². The fourth-order valence-electron chi connectivity index (χ4n) is 2.43. The smallest absolute Gasteiger partial charge is 0.245 e. The minimum atomic E-state index is 0.242. The van der Waals surface area contributed by atoms with Crippen molar-refractivity contribution in [3.8, 4) is 11.4 Å². The van der Waals surface area contributed by atoms with Gasteiger partial charge in [-0.25, -0.2) is 4.68 Å². The van der Waals surface area contributed by atoms with Crippen LogP contribution in [0, 0.1) is 6.92 Å². The van der Waals surface area contributed by atoms with Gasteiger partial charge in [-0.3, -0.25) is 0 Å². The van der Waals surface area contributed by atoms with Gasteiger partial charge >= 0.3 is 0 Å². The Labute approximate surface area is 113 Å². The zero-order valence-electron chi connectivity index (χ0n) is 11.4. The Morgan fingerprint density at radius 2 is 2.00 bits per heavy atom. The van der Waals surface area contributed by atoms with Gasteiger partial charge < -0.3 is 10.6 Å². The van der Waals surface area contributed by atoms with E-state index in [-0.39, 0.29) is 6.04 Å². The minimum absolute atomic E-state index is 0.242. The number of aromatic nitrogens is 3. The molecule has 1 aromatic carbocycles. The van der Waals surface area contributed by atoms with E-state index >= 15 is 0 Å². The summed E-state index contributed by atoms with van der Waals surface area (Å²) < 4.78 is 1.84. The molecule has 1 aliphatic rings. The van der Waals surface area contributed by atoms with Crippen LogP contribution in [0.25, 0.3) is 11.4 Å². The van der Waals surface area contributed by atoms with E-state index in [1.165, 1.54) is 5.56 Å². The number of hydrogen-bond donors (Lipinski definition) is 1. The van der Waals surface area contributed by atoms with Gasteiger partial charge in [0.15, 0.2) is 5.82 Å². The van der Waals surface area contributed by atoms with Crippen molar-refractivity contribution in [2.75, 3.05) is 18.0 Å². The first kappa shape index (κ1) is 12.2. The molecule has 5 nitrogen and oxygen atoms in total. The van der Waals surface area contributed by atoms with Crippen LogP contribution in [0.5, 0.6) is 0 Å². The van der Waals surface area contributed by atoms with Crippen molar-refractivity contribution >= 4 is 5.95 Å². The molecule has 0 spiro atoms. The van der Waals surface area contributed by atoms with Crippen LogP contribution in [0.2, 0.25) is 0 Å². The van der Waals surface area contributed by atoms with Crippen LogP contribution in [0.4, 0.5) is 5.95 Å². The van der Waals surface area contributed by atoms with Crippen molar-refractivity contribution in [3.63, 3.8) is 0 Å². The summed E-state index contributed by atoms with van der Waals surface area (Å²) in [6.07, 6.45) is 1.01. The molecule has 1 saturated heterocycles. The molecule has 2 heterocycles. The molecule has 19 heavy (non-hydrogen) atoms. The van der Waals surface area contributed by atoms with Crippen LogP contribution in [-0.2, 0) is 7.05 Å². The van der Waals surface area contributed by atoms with Crippen molar-refractivity contribution < 1.29 is 0 Å². The van der Waals surface area contributed by atoms with E-state index in [0.717, 1.165) is 36.8 Å². The lowest BCUT2D eigenvalue weighted by Gasteiger charge is -2.11. The first-order chi connectivity index (χ1) is 9.13. The van der Waals surface area contributed by atoms with Crippen LogP contribution in [-0.4, -0.2) is 33.9 Å². The topological polar surface area (TPSA) is 60.0 Å². The molecule has 2 aromatic rings.